The van der Waals surface area contributed by atoms with Crippen molar-refractivity contribution in [1.29, 1.82) is 0 Å². The number of aliphatic hydroxyl groups is 1. The monoisotopic (exact) mass is 480 g/mol. The van der Waals surface area contributed by atoms with Gasteiger partial charge in [0, 0.05) is 17.7 Å². The van der Waals surface area contributed by atoms with Crippen LogP contribution in [0.2, 0.25) is 0 Å². The number of amides is 2. The molecule has 0 fully saturated rings. The molecule has 2 amide bonds. The summed E-state index contributed by atoms with van der Waals surface area (Å²) in [4.78, 5) is 38.8. The van der Waals surface area contributed by atoms with E-state index in [0.29, 0.717) is 24.7 Å². The third kappa shape index (κ3) is 5.30. The van der Waals surface area contributed by atoms with Gasteiger partial charge in [0.15, 0.2) is 28.8 Å². The van der Waals surface area contributed by atoms with Crippen LogP contribution < -0.4 is 25.5 Å². The zero-order chi connectivity index (χ0) is 25.1. The minimum absolute atomic E-state index is 0.103. The molecule has 35 heavy (non-hydrogen) atoms. The van der Waals surface area contributed by atoms with Crippen molar-refractivity contribution in [2.24, 2.45) is 0 Å². The largest absolute Gasteiger partial charge is 0.486 e. The summed E-state index contributed by atoms with van der Waals surface area (Å²) >= 11 is 0. The lowest BCUT2D eigenvalue weighted by Crippen LogP contribution is -2.52. The molecular formula is C26H28N2O7. The maximum atomic E-state index is 13.3. The molecule has 0 bridgehead atoms. The summed E-state index contributed by atoms with van der Waals surface area (Å²) in [7, 11) is 0. The highest BCUT2D eigenvalue weighted by Gasteiger charge is 2.30. The predicted molar refractivity (Wildman–Crippen MR) is 129 cm³/mol. The fourth-order valence-corrected chi connectivity index (χ4v) is 3.94. The first-order valence-electron chi connectivity index (χ1n) is 11.4. The quantitative estimate of drug-likeness (QED) is 0.473. The van der Waals surface area contributed by atoms with Gasteiger partial charge < -0.3 is 29.6 Å². The van der Waals surface area contributed by atoms with Gasteiger partial charge in [0.05, 0.1) is 11.4 Å². The molecule has 0 saturated carbocycles. The van der Waals surface area contributed by atoms with Crippen molar-refractivity contribution in [1.82, 2.24) is 10.6 Å². The topological polar surface area (TPSA) is 127 Å². The molecular weight excluding hydrogens is 452 g/mol. The van der Waals surface area contributed by atoms with Gasteiger partial charge in [0.25, 0.3) is 11.8 Å². The predicted octanol–water partition coefficient (Wildman–Crippen LogP) is 2.10. The molecule has 0 aliphatic carbocycles. The molecule has 2 heterocycles. The Labute approximate surface area is 202 Å². The minimum atomic E-state index is -1.52. The molecule has 3 aromatic rings. The lowest BCUT2D eigenvalue weighted by molar-refractivity contribution is -0.131. The van der Waals surface area contributed by atoms with Crippen LogP contribution in [0.25, 0.3) is 11.0 Å². The molecule has 1 aliphatic rings. The summed E-state index contributed by atoms with van der Waals surface area (Å²) in [5, 5.41) is 16.4. The smallest absolute Gasteiger partial charge is 0.287 e. The van der Waals surface area contributed by atoms with E-state index in [1.807, 2.05) is 30.3 Å². The lowest BCUT2D eigenvalue weighted by Gasteiger charge is -2.24. The maximum absolute atomic E-state index is 13.3. The van der Waals surface area contributed by atoms with E-state index in [1.54, 1.807) is 19.9 Å². The van der Waals surface area contributed by atoms with Gasteiger partial charge >= 0.3 is 0 Å². The van der Waals surface area contributed by atoms with E-state index in [4.69, 9.17) is 13.9 Å². The van der Waals surface area contributed by atoms with Crippen molar-refractivity contribution >= 4 is 22.8 Å². The van der Waals surface area contributed by atoms with Crippen LogP contribution in [0.15, 0.2) is 51.7 Å². The highest BCUT2D eigenvalue weighted by Crippen LogP contribution is 2.34. The number of carbonyl (C=O) groups is 2. The van der Waals surface area contributed by atoms with Gasteiger partial charge in [-0.1, -0.05) is 30.3 Å². The summed E-state index contributed by atoms with van der Waals surface area (Å²) < 4.78 is 16.9. The molecule has 9 nitrogen and oxygen atoms in total. The van der Waals surface area contributed by atoms with E-state index in [0.717, 1.165) is 5.56 Å². The van der Waals surface area contributed by atoms with E-state index in [9.17, 15) is 19.5 Å². The molecule has 2 atom stereocenters. The first kappa shape index (κ1) is 24.3. The van der Waals surface area contributed by atoms with Crippen molar-refractivity contribution in [3.8, 4) is 11.5 Å². The Kier molecular flexibility index (Phi) is 7.07. The minimum Gasteiger partial charge on any atom is -0.486 e. The van der Waals surface area contributed by atoms with Crippen LogP contribution in [-0.4, -0.2) is 48.3 Å². The summed E-state index contributed by atoms with van der Waals surface area (Å²) in [6.45, 7) is 5.77. The number of aliphatic hydroxyl groups excluding tert-OH is 1. The van der Waals surface area contributed by atoms with Crippen LogP contribution in [0.5, 0.6) is 11.5 Å². The maximum Gasteiger partial charge on any atom is 0.287 e. The number of benzene rings is 2. The first-order chi connectivity index (χ1) is 16.7. The Bertz CT molecular complexity index is 1300. The van der Waals surface area contributed by atoms with Gasteiger partial charge in [0.1, 0.15) is 18.8 Å². The van der Waals surface area contributed by atoms with Crippen molar-refractivity contribution in [3.63, 3.8) is 0 Å². The van der Waals surface area contributed by atoms with Crippen molar-refractivity contribution in [2.45, 2.75) is 45.4 Å². The van der Waals surface area contributed by atoms with E-state index >= 15 is 0 Å². The molecule has 0 radical (unpaired) electrons. The molecule has 9 heteroatoms. The van der Waals surface area contributed by atoms with E-state index in [2.05, 4.69) is 10.6 Å². The van der Waals surface area contributed by atoms with Gasteiger partial charge in [0.2, 0.25) is 0 Å². The second kappa shape index (κ2) is 10.2. The SMILES string of the molecule is Cc1c(C(=O)N[C@@H](Cc2ccccc2)[C@@H](O)C(=O)NC(C)C)oc2cc3c(cc2c1=O)OCCO3. The number of hydrogen-bond acceptors (Lipinski definition) is 7. The highest BCUT2D eigenvalue weighted by molar-refractivity contribution is 5.96. The summed E-state index contributed by atoms with van der Waals surface area (Å²) in [6, 6.07) is 11.1. The van der Waals surface area contributed by atoms with Gasteiger partial charge in [-0.25, -0.2) is 0 Å². The van der Waals surface area contributed by atoms with Gasteiger partial charge in [-0.3, -0.25) is 14.4 Å². The molecule has 0 saturated heterocycles. The number of hydrogen-bond donors (Lipinski definition) is 3. The lowest BCUT2D eigenvalue weighted by atomic mass is 10.00. The van der Waals surface area contributed by atoms with Crippen LogP contribution >= 0.6 is 0 Å². The second-order valence-electron chi connectivity index (χ2n) is 8.76. The Morgan fingerprint density at radius 3 is 2.34 bits per heavy atom. The number of rotatable bonds is 7. The van der Waals surface area contributed by atoms with Crippen molar-refractivity contribution in [3.05, 3.63) is 69.6 Å². The summed E-state index contributed by atoms with van der Waals surface area (Å²) in [6.07, 6.45) is -1.33. The number of ether oxygens (including phenoxy) is 2. The van der Waals surface area contributed by atoms with Crippen LogP contribution in [0.4, 0.5) is 0 Å². The second-order valence-corrected chi connectivity index (χ2v) is 8.76. The molecule has 0 spiro atoms. The summed E-state index contributed by atoms with van der Waals surface area (Å²) in [5.41, 5.74) is 0.708. The zero-order valence-electron chi connectivity index (χ0n) is 19.8. The summed E-state index contributed by atoms with van der Waals surface area (Å²) in [5.74, 6) is -0.663. The van der Waals surface area contributed by atoms with Crippen LogP contribution in [0.3, 0.4) is 0 Å². The van der Waals surface area contributed by atoms with Gasteiger partial charge in [-0.05, 0) is 38.8 Å². The molecule has 4 rings (SSSR count). The Morgan fingerprint density at radius 2 is 1.69 bits per heavy atom. The molecule has 1 aromatic heterocycles. The van der Waals surface area contributed by atoms with Crippen LogP contribution in [0, 0.1) is 6.92 Å². The average molecular weight is 481 g/mol. The van der Waals surface area contributed by atoms with E-state index < -0.39 is 24.0 Å². The molecule has 2 aromatic carbocycles. The molecule has 3 N–H and O–H groups in total. The normalized spacial score (nSPS) is 14.4. The Hall–Kier alpha value is -3.85. The average Bonchev–Trinajstić information content (AvgIpc) is 2.84. The fraction of sp³-hybridized carbons (Fsp3) is 0.346. The molecule has 1 aliphatic heterocycles. The Balaban J connectivity index is 1.66. The number of fused-ring (bicyclic) bond motifs is 2. The first-order valence-corrected chi connectivity index (χ1v) is 11.4. The van der Waals surface area contributed by atoms with Crippen LogP contribution in [0.1, 0.15) is 35.5 Å². The third-order valence-electron chi connectivity index (χ3n) is 5.68. The number of carbonyl (C=O) groups excluding carboxylic acids is 2. The van der Waals surface area contributed by atoms with Gasteiger partial charge in [-0.2, -0.15) is 0 Å². The van der Waals surface area contributed by atoms with Crippen LogP contribution in [-0.2, 0) is 11.2 Å². The fourth-order valence-electron chi connectivity index (χ4n) is 3.94. The van der Waals surface area contributed by atoms with E-state index in [-0.39, 0.29) is 40.2 Å². The molecule has 184 valence electrons. The molecule has 0 unspecified atom stereocenters. The standard InChI is InChI=1S/C26H28N2O7/c1-14(2)27-25(31)23(30)18(11-16-7-5-4-6-8-16)28-26(32)24-15(3)22(29)17-12-20-21(13-19(17)35-24)34-10-9-33-20/h4-8,12-14,18,23,30H,9-11H2,1-3H3,(H,27,31)(H,28,32)/t18-,23+/m0/s1. The third-order valence-corrected chi connectivity index (χ3v) is 5.68. The highest BCUT2D eigenvalue weighted by atomic mass is 16.6. The van der Waals surface area contributed by atoms with Gasteiger partial charge in [-0.15, -0.1) is 0 Å². The van der Waals surface area contributed by atoms with Crippen molar-refractivity contribution in [2.75, 3.05) is 13.2 Å². The zero-order valence-corrected chi connectivity index (χ0v) is 19.8. The Morgan fingerprint density at radius 1 is 1.03 bits per heavy atom. The number of nitrogens with one attached hydrogen (secondary N) is 2. The van der Waals surface area contributed by atoms with Crippen molar-refractivity contribution < 1.29 is 28.6 Å². The van der Waals surface area contributed by atoms with E-state index in [1.165, 1.54) is 13.0 Å².